The Morgan fingerprint density at radius 2 is 1.74 bits per heavy atom. The molecule has 0 radical (unpaired) electrons. The van der Waals surface area contributed by atoms with E-state index < -0.39 is 0 Å². The highest BCUT2D eigenvalue weighted by Crippen LogP contribution is 2.28. The lowest BCUT2D eigenvalue weighted by atomic mass is 9.96. The van der Waals surface area contributed by atoms with Crippen molar-refractivity contribution in [1.29, 1.82) is 0 Å². The van der Waals surface area contributed by atoms with Gasteiger partial charge in [0.25, 0.3) is 0 Å². The van der Waals surface area contributed by atoms with E-state index in [2.05, 4.69) is 0 Å². The third-order valence-corrected chi connectivity index (χ3v) is 3.23. The van der Waals surface area contributed by atoms with E-state index in [1.165, 1.54) is 5.56 Å². The van der Waals surface area contributed by atoms with Gasteiger partial charge in [0.2, 0.25) is 0 Å². The third-order valence-electron chi connectivity index (χ3n) is 3.23. The van der Waals surface area contributed by atoms with Crippen LogP contribution in [0.1, 0.15) is 23.6 Å². The molecule has 0 aliphatic heterocycles. The minimum atomic E-state index is -0.155. The molecule has 1 atom stereocenters. The molecule has 0 bridgehead atoms. The molecule has 0 amide bonds. The summed E-state index contributed by atoms with van der Waals surface area (Å²) >= 11 is 0. The first-order valence-electron chi connectivity index (χ1n) is 6.59. The Hall–Kier alpha value is -1.67. The zero-order valence-corrected chi connectivity index (χ0v) is 11.7. The van der Waals surface area contributed by atoms with Crippen LogP contribution in [0.15, 0.2) is 36.4 Å². The highest BCUT2D eigenvalue weighted by molar-refractivity contribution is 5.68. The monoisotopic (exact) mass is 257 g/mol. The van der Waals surface area contributed by atoms with E-state index >= 15 is 0 Å². The molecule has 2 rings (SSSR count). The SMILES string of the molecule is Cc1cc(C)c(-c2ccc(CC(C)N)cc2)c(F)c1. The maximum absolute atomic E-state index is 14.1. The van der Waals surface area contributed by atoms with E-state index in [-0.39, 0.29) is 11.9 Å². The van der Waals surface area contributed by atoms with Gasteiger partial charge in [-0.15, -0.1) is 0 Å². The maximum atomic E-state index is 14.1. The Bertz CT molecular complexity index is 547. The van der Waals surface area contributed by atoms with Crippen LogP contribution in [0.3, 0.4) is 0 Å². The summed E-state index contributed by atoms with van der Waals surface area (Å²) in [5, 5.41) is 0. The second-order valence-electron chi connectivity index (χ2n) is 5.32. The summed E-state index contributed by atoms with van der Waals surface area (Å²) in [6.07, 6.45) is 0.843. The van der Waals surface area contributed by atoms with Crippen molar-refractivity contribution in [2.24, 2.45) is 5.73 Å². The van der Waals surface area contributed by atoms with Gasteiger partial charge in [0.15, 0.2) is 0 Å². The third kappa shape index (κ3) is 3.21. The van der Waals surface area contributed by atoms with E-state index in [0.29, 0.717) is 5.56 Å². The van der Waals surface area contributed by atoms with Crippen LogP contribution in [0.4, 0.5) is 4.39 Å². The largest absolute Gasteiger partial charge is 0.328 e. The van der Waals surface area contributed by atoms with Crippen molar-refractivity contribution >= 4 is 0 Å². The Balaban J connectivity index is 2.37. The molecule has 100 valence electrons. The molecule has 0 aromatic heterocycles. The Morgan fingerprint density at radius 3 is 2.26 bits per heavy atom. The van der Waals surface area contributed by atoms with Crippen LogP contribution < -0.4 is 5.73 Å². The topological polar surface area (TPSA) is 26.0 Å². The molecule has 0 saturated heterocycles. The van der Waals surface area contributed by atoms with Gasteiger partial charge in [-0.1, -0.05) is 30.3 Å². The molecule has 0 fully saturated rings. The number of aryl methyl sites for hydroxylation is 2. The number of hydrogen-bond donors (Lipinski definition) is 1. The van der Waals surface area contributed by atoms with Crippen molar-refractivity contribution in [2.45, 2.75) is 33.2 Å². The van der Waals surface area contributed by atoms with Crippen molar-refractivity contribution < 1.29 is 4.39 Å². The molecule has 0 heterocycles. The number of nitrogens with two attached hydrogens (primary N) is 1. The lowest BCUT2D eigenvalue weighted by Crippen LogP contribution is -2.17. The number of benzene rings is 2. The molecule has 0 aliphatic rings. The summed E-state index contributed by atoms with van der Waals surface area (Å²) in [6, 6.07) is 11.7. The Kier molecular flexibility index (Phi) is 4.01. The van der Waals surface area contributed by atoms with E-state index in [4.69, 9.17) is 5.73 Å². The van der Waals surface area contributed by atoms with Crippen LogP contribution in [-0.4, -0.2) is 6.04 Å². The molecule has 2 aromatic rings. The lowest BCUT2D eigenvalue weighted by Gasteiger charge is -2.11. The van der Waals surface area contributed by atoms with Crippen molar-refractivity contribution in [3.63, 3.8) is 0 Å². The molecule has 2 aromatic carbocycles. The van der Waals surface area contributed by atoms with Crippen LogP contribution in [0, 0.1) is 19.7 Å². The fraction of sp³-hybridized carbons (Fsp3) is 0.294. The second-order valence-corrected chi connectivity index (χ2v) is 5.32. The molecule has 2 N–H and O–H groups in total. The van der Waals surface area contributed by atoms with Gasteiger partial charge >= 0.3 is 0 Å². The summed E-state index contributed by atoms with van der Waals surface area (Å²) < 4.78 is 14.1. The molecule has 2 heteroatoms. The van der Waals surface area contributed by atoms with Gasteiger partial charge in [-0.3, -0.25) is 0 Å². The van der Waals surface area contributed by atoms with Gasteiger partial charge in [0.1, 0.15) is 5.82 Å². The van der Waals surface area contributed by atoms with Crippen molar-refractivity contribution in [1.82, 2.24) is 0 Å². The smallest absolute Gasteiger partial charge is 0.131 e. The fourth-order valence-electron chi connectivity index (χ4n) is 2.46. The first-order valence-corrected chi connectivity index (χ1v) is 6.59. The van der Waals surface area contributed by atoms with Crippen LogP contribution in [0.25, 0.3) is 11.1 Å². The predicted molar refractivity (Wildman–Crippen MR) is 78.7 cm³/mol. The predicted octanol–water partition coefficient (Wildman–Crippen LogP) is 4.00. The van der Waals surface area contributed by atoms with Crippen LogP contribution >= 0.6 is 0 Å². The first-order chi connectivity index (χ1) is 8.97. The molecule has 0 aliphatic carbocycles. The van der Waals surface area contributed by atoms with E-state index in [9.17, 15) is 4.39 Å². The summed E-state index contributed by atoms with van der Waals surface area (Å²) in [5.41, 5.74) is 10.5. The molecule has 19 heavy (non-hydrogen) atoms. The first kappa shape index (κ1) is 13.8. The molecule has 1 unspecified atom stereocenters. The quantitative estimate of drug-likeness (QED) is 0.883. The zero-order valence-electron chi connectivity index (χ0n) is 11.7. The minimum absolute atomic E-state index is 0.142. The maximum Gasteiger partial charge on any atom is 0.131 e. The number of hydrogen-bond acceptors (Lipinski definition) is 1. The van der Waals surface area contributed by atoms with E-state index in [1.807, 2.05) is 51.1 Å². The minimum Gasteiger partial charge on any atom is -0.328 e. The fourth-order valence-corrected chi connectivity index (χ4v) is 2.46. The highest BCUT2D eigenvalue weighted by Gasteiger charge is 2.09. The van der Waals surface area contributed by atoms with E-state index in [0.717, 1.165) is 23.1 Å². The zero-order chi connectivity index (χ0) is 14.0. The molecule has 0 spiro atoms. The van der Waals surface area contributed by atoms with Crippen LogP contribution in [-0.2, 0) is 6.42 Å². The molecular weight excluding hydrogens is 237 g/mol. The number of rotatable bonds is 3. The average molecular weight is 257 g/mol. The average Bonchev–Trinajstić information content (AvgIpc) is 2.29. The number of halogens is 1. The van der Waals surface area contributed by atoms with Crippen molar-refractivity contribution in [3.8, 4) is 11.1 Å². The molecular formula is C17H20FN. The summed E-state index contributed by atoms with van der Waals surface area (Å²) in [6.45, 7) is 5.84. The summed E-state index contributed by atoms with van der Waals surface area (Å²) in [5.74, 6) is -0.155. The highest BCUT2D eigenvalue weighted by atomic mass is 19.1. The van der Waals surface area contributed by atoms with Gasteiger partial charge in [-0.25, -0.2) is 4.39 Å². The van der Waals surface area contributed by atoms with Crippen LogP contribution in [0.2, 0.25) is 0 Å². The normalized spacial score (nSPS) is 12.5. The van der Waals surface area contributed by atoms with Gasteiger partial charge < -0.3 is 5.73 Å². The Labute approximate surface area is 114 Å². The standard InChI is InChI=1S/C17H20FN/c1-11-8-12(2)17(16(18)9-11)15-6-4-14(5-7-15)10-13(3)19/h4-9,13H,10,19H2,1-3H3. The second kappa shape index (κ2) is 5.54. The van der Waals surface area contributed by atoms with Gasteiger partial charge in [0, 0.05) is 11.6 Å². The molecule has 0 saturated carbocycles. The Morgan fingerprint density at radius 1 is 1.11 bits per heavy atom. The van der Waals surface area contributed by atoms with Gasteiger partial charge in [0.05, 0.1) is 0 Å². The lowest BCUT2D eigenvalue weighted by molar-refractivity contribution is 0.629. The summed E-state index contributed by atoms with van der Waals surface area (Å²) in [7, 11) is 0. The summed E-state index contributed by atoms with van der Waals surface area (Å²) in [4.78, 5) is 0. The van der Waals surface area contributed by atoms with Gasteiger partial charge in [-0.2, -0.15) is 0 Å². The van der Waals surface area contributed by atoms with Crippen molar-refractivity contribution in [3.05, 3.63) is 58.9 Å². The van der Waals surface area contributed by atoms with E-state index in [1.54, 1.807) is 6.07 Å². The molecule has 1 nitrogen and oxygen atoms in total. The van der Waals surface area contributed by atoms with Crippen molar-refractivity contribution in [2.75, 3.05) is 0 Å². The van der Waals surface area contributed by atoms with Crippen LogP contribution in [0.5, 0.6) is 0 Å². The van der Waals surface area contributed by atoms with Gasteiger partial charge in [-0.05, 0) is 55.5 Å².